The molecule has 1 unspecified atom stereocenters. The van der Waals surface area contributed by atoms with Crippen LogP contribution < -0.4 is 11.1 Å². The van der Waals surface area contributed by atoms with Crippen molar-refractivity contribution in [3.05, 3.63) is 49.3 Å². The summed E-state index contributed by atoms with van der Waals surface area (Å²) < 4.78 is 16.4. The van der Waals surface area contributed by atoms with Crippen molar-refractivity contribution >= 4 is 50.1 Å². The summed E-state index contributed by atoms with van der Waals surface area (Å²) in [6, 6.07) is 4.56. The summed E-state index contributed by atoms with van der Waals surface area (Å²) in [7, 11) is 0. The molecular weight excluding hydrogens is 483 g/mol. The molecule has 5 N–H and O–H groups in total. The van der Waals surface area contributed by atoms with Crippen molar-refractivity contribution in [2.45, 2.75) is 50.2 Å². The first-order chi connectivity index (χ1) is 13.6. The van der Waals surface area contributed by atoms with Crippen LogP contribution in [-0.2, 0) is 12.3 Å². The predicted octanol–water partition coefficient (Wildman–Crippen LogP) is 4.09. The molecule has 1 fully saturated rings. The van der Waals surface area contributed by atoms with E-state index in [1.165, 1.54) is 17.4 Å². The molecule has 0 spiro atoms. The average Bonchev–Trinajstić information content (AvgIpc) is 3.05. The van der Waals surface area contributed by atoms with E-state index in [1.807, 2.05) is 6.92 Å². The highest BCUT2D eigenvalue weighted by Gasteiger charge is 2.44. The number of anilines is 1. The van der Waals surface area contributed by atoms with E-state index >= 15 is 0 Å². The van der Waals surface area contributed by atoms with Crippen LogP contribution in [0.4, 0.5) is 10.1 Å². The standard InChI is InChI=1S/C19H21BrClFN4O2S/c1-10-12(7-11(23)9-18(22)4-5-18)17(20)26-16(10)13(8-15(21)25-26)24-19(27,28)14-3-2-6-29-14/h2-3,6,8,11,24,27-28H,4-5,7,9,23H2,1H3. The lowest BCUT2D eigenvalue weighted by Crippen LogP contribution is -2.34. The Kier molecular flexibility index (Phi) is 5.42. The summed E-state index contributed by atoms with van der Waals surface area (Å²) in [5.41, 5.74) is 7.87. The van der Waals surface area contributed by atoms with Crippen LogP contribution in [0.15, 0.2) is 28.2 Å². The van der Waals surface area contributed by atoms with E-state index in [0.717, 1.165) is 11.1 Å². The summed E-state index contributed by atoms with van der Waals surface area (Å²) in [6.45, 7) is 1.90. The molecule has 0 aliphatic heterocycles. The highest BCUT2D eigenvalue weighted by molar-refractivity contribution is 9.10. The third-order valence-corrected chi connectivity index (χ3v) is 7.20. The molecule has 1 aliphatic rings. The number of aliphatic hydroxyl groups is 2. The number of alkyl halides is 1. The van der Waals surface area contributed by atoms with Gasteiger partial charge in [-0.15, -0.1) is 11.3 Å². The molecule has 1 saturated carbocycles. The van der Waals surface area contributed by atoms with Gasteiger partial charge in [0.25, 0.3) is 5.91 Å². The Morgan fingerprint density at radius 1 is 1.52 bits per heavy atom. The third kappa shape index (κ3) is 4.17. The lowest BCUT2D eigenvalue weighted by Gasteiger charge is -2.23. The van der Waals surface area contributed by atoms with Gasteiger partial charge in [0.15, 0.2) is 5.15 Å². The molecule has 3 aromatic rings. The van der Waals surface area contributed by atoms with Crippen molar-refractivity contribution in [1.82, 2.24) is 9.61 Å². The number of rotatable bonds is 7. The second-order valence-corrected chi connectivity index (χ2v) is 9.72. The van der Waals surface area contributed by atoms with Crippen LogP contribution in [0, 0.1) is 6.92 Å². The van der Waals surface area contributed by atoms with Gasteiger partial charge in [0, 0.05) is 12.1 Å². The molecule has 29 heavy (non-hydrogen) atoms. The molecule has 6 nitrogen and oxygen atoms in total. The second kappa shape index (κ2) is 7.47. The molecule has 4 rings (SSSR count). The zero-order valence-corrected chi connectivity index (χ0v) is 18.8. The van der Waals surface area contributed by atoms with Crippen LogP contribution >= 0.6 is 38.9 Å². The van der Waals surface area contributed by atoms with Crippen molar-refractivity contribution in [3.63, 3.8) is 0 Å². The van der Waals surface area contributed by atoms with Gasteiger partial charge >= 0.3 is 0 Å². The van der Waals surface area contributed by atoms with Crippen LogP contribution in [0.1, 0.15) is 35.3 Å². The number of aromatic nitrogens is 2. The number of hydrogen-bond acceptors (Lipinski definition) is 6. The van der Waals surface area contributed by atoms with Crippen molar-refractivity contribution in [2.75, 3.05) is 5.32 Å². The minimum absolute atomic E-state index is 0.175. The van der Waals surface area contributed by atoms with E-state index in [1.54, 1.807) is 22.0 Å². The molecule has 156 valence electrons. The molecule has 0 bridgehead atoms. The number of nitrogens with two attached hydrogens (primary N) is 1. The zero-order valence-electron chi connectivity index (χ0n) is 15.6. The maximum Gasteiger partial charge on any atom is 0.282 e. The minimum Gasteiger partial charge on any atom is -0.344 e. The quantitative estimate of drug-likeness (QED) is 0.364. The van der Waals surface area contributed by atoms with Gasteiger partial charge in [-0.3, -0.25) is 0 Å². The summed E-state index contributed by atoms with van der Waals surface area (Å²) in [6.07, 6.45) is 1.93. The Bertz CT molecular complexity index is 1050. The average molecular weight is 504 g/mol. The SMILES string of the molecule is Cc1c(CC(N)CC2(F)CC2)c(Br)n2nc(Cl)cc(NC(O)(O)c3cccs3)c12. The molecule has 0 aromatic carbocycles. The van der Waals surface area contributed by atoms with Crippen LogP contribution in [-0.4, -0.2) is 31.5 Å². The second-order valence-electron chi connectivity index (χ2n) is 7.63. The van der Waals surface area contributed by atoms with Crippen LogP contribution in [0.5, 0.6) is 0 Å². The van der Waals surface area contributed by atoms with E-state index in [4.69, 9.17) is 17.3 Å². The molecule has 1 aliphatic carbocycles. The van der Waals surface area contributed by atoms with E-state index in [-0.39, 0.29) is 11.2 Å². The third-order valence-electron chi connectivity index (χ3n) is 5.23. The highest BCUT2D eigenvalue weighted by atomic mass is 79.9. The lowest BCUT2D eigenvalue weighted by molar-refractivity contribution is -0.140. The maximum atomic E-state index is 14.1. The fraction of sp³-hybridized carbons (Fsp3) is 0.421. The normalized spacial score (nSPS) is 16.9. The van der Waals surface area contributed by atoms with Crippen LogP contribution in [0.2, 0.25) is 5.15 Å². The summed E-state index contributed by atoms with van der Waals surface area (Å²) >= 11 is 11.0. The zero-order chi connectivity index (χ0) is 21.0. The Morgan fingerprint density at radius 2 is 2.24 bits per heavy atom. The summed E-state index contributed by atoms with van der Waals surface area (Å²) in [5, 5.41) is 30.1. The fourth-order valence-corrected chi connectivity index (χ4v) is 5.18. The van der Waals surface area contributed by atoms with Crippen LogP contribution in [0.25, 0.3) is 5.52 Å². The van der Waals surface area contributed by atoms with Gasteiger partial charge < -0.3 is 21.3 Å². The van der Waals surface area contributed by atoms with Gasteiger partial charge in [-0.05, 0) is 71.1 Å². The number of hydrogen-bond donors (Lipinski definition) is 4. The molecular formula is C19H21BrClFN4O2S. The number of aryl methyl sites for hydroxylation is 1. The first-order valence-corrected chi connectivity index (χ1v) is 11.2. The van der Waals surface area contributed by atoms with Gasteiger partial charge in [0.1, 0.15) is 10.3 Å². The Balaban J connectivity index is 1.72. The van der Waals surface area contributed by atoms with Gasteiger partial charge in [-0.25, -0.2) is 8.91 Å². The molecule has 1 atom stereocenters. The monoisotopic (exact) mass is 502 g/mol. The van der Waals surface area contributed by atoms with Gasteiger partial charge in [0.05, 0.1) is 16.1 Å². The number of nitrogens with one attached hydrogen (secondary N) is 1. The molecule has 3 aromatic heterocycles. The van der Waals surface area contributed by atoms with E-state index in [2.05, 4.69) is 26.3 Å². The molecule has 0 saturated heterocycles. The Labute approximate surface area is 184 Å². The van der Waals surface area contributed by atoms with E-state index < -0.39 is 11.6 Å². The van der Waals surface area contributed by atoms with Gasteiger partial charge in [-0.1, -0.05) is 17.7 Å². The van der Waals surface area contributed by atoms with Gasteiger partial charge in [0.2, 0.25) is 0 Å². The predicted molar refractivity (Wildman–Crippen MR) is 116 cm³/mol. The number of nitrogens with zero attached hydrogens (tertiary/aromatic N) is 2. The van der Waals surface area contributed by atoms with Crippen molar-refractivity contribution in [1.29, 1.82) is 0 Å². The van der Waals surface area contributed by atoms with Gasteiger partial charge in [-0.2, -0.15) is 5.10 Å². The molecule has 0 radical (unpaired) electrons. The first-order valence-electron chi connectivity index (χ1n) is 9.17. The lowest BCUT2D eigenvalue weighted by atomic mass is 10.00. The summed E-state index contributed by atoms with van der Waals surface area (Å²) in [5.74, 6) is -2.27. The number of halogens is 3. The number of fused-ring (bicyclic) bond motifs is 1. The van der Waals surface area contributed by atoms with E-state index in [9.17, 15) is 14.6 Å². The van der Waals surface area contributed by atoms with Crippen LogP contribution in [0.3, 0.4) is 0 Å². The first kappa shape index (κ1) is 21.0. The largest absolute Gasteiger partial charge is 0.344 e. The number of thiophene rings is 1. The fourth-order valence-electron chi connectivity index (χ4n) is 3.61. The van der Waals surface area contributed by atoms with Crippen molar-refractivity contribution in [2.24, 2.45) is 5.73 Å². The van der Waals surface area contributed by atoms with Crippen molar-refractivity contribution < 1.29 is 14.6 Å². The maximum absolute atomic E-state index is 14.1. The Hall–Kier alpha value is -1.23. The highest BCUT2D eigenvalue weighted by Crippen LogP contribution is 2.44. The molecule has 0 amide bonds. The van der Waals surface area contributed by atoms with E-state index in [0.29, 0.717) is 46.4 Å². The smallest absolute Gasteiger partial charge is 0.282 e. The summed E-state index contributed by atoms with van der Waals surface area (Å²) in [4.78, 5) is 0.340. The minimum atomic E-state index is -2.27. The molecule has 3 heterocycles. The van der Waals surface area contributed by atoms with Crippen molar-refractivity contribution in [3.8, 4) is 0 Å². The Morgan fingerprint density at radius 3 is 2.86 bits per heavy atom. The molecule has 10 heteroatoms. The topological polar surface area (TPSA) is 95.8 Å².